The van der Waals surface area contributed by atoms with E-state index in [0.29, 0.717) is 39.6 Å². The van der Waals surface area contributed by atoms with E-state index in [2.05, 4.69) is 11.9 Å². The van der Waals surface area contributed by atoms with Crippen LogP contribution >= 0.6 is 11.6 Å². The summed E-state index contributed by atoms with van der Waals surface area (Å²) in [4.78, 5) is 49.8. The number of nitrogens with one attached hydrogen (secondary N) is 1. The van der Waals surface area contributed by atoms with Crippen LogP contribution in [0.1, 0.15) is 16.7 Å². The highest BCUT2D eigenvalue weighted by molar-refractivity contribution is 6.39. The minimum atomic E-state index is -0.876. The first-order chi connectivity index (χ1) is 18.7. The summed E-state index contributed by atoms with van der Waals surface area (Å²) in [5.74, 6) is -0.962. The molecule has 0 atom stereocenters. The molecular formula is C28H22ClN3O7. The molecule has 4 amide bonds. The van der Waals surface area contributed by atoms with Gasteiger partial charge in [-0.25, -0.2) is 9.69 Å². The zero-order valence-electron chi connectivity index (χ0n) is 20.7. The molecule has 0 unspecified atom stereocenters. The third-order valence-corrected chi connectivity index (χ3v) is 5.99. The summed E-state index contributed by atoms with van der Waals surface area (Å²) in [5.41, 5.74) is 1.58. The van der Waals surface area contributed by atoms with Crippen LogP contribution in [0.4, 0.5) is 16.2 Å². The molecule has 4 rings (SSSR count). The Kier molecular flexibility index (Phi) is 8.07. The molecule has 0 radical (unpaired) electrons. The number of nitro benzene ring substituents is 1. The van der Waals surface area contributed by atoms with Crippen LogP contribution in [-0.2, 0) is 22.6 Å². The summed E-state index contributed by atoms with van der Waals surface area (Å²) in [6, 6.07) is 14.5. The van der Waals surface area contributed by atoms with Gasteiger partial charge in [-0.3, -0.25) is 25.0 Å². The van der Waals surface area contributed by atoms with Gasteiger partial charge in [0, 0.05) is 22.7 Å². The Balaban J connectivity index is 1.68. The van der Waals surface area contributed by atoms with Gasteiger partial charge in [0.2, 0.25) is 0 Å². The molecule has 1 aliphatic rings. The molecule has 3 aromatic rings. The van der Waals surface area contributed by atoms with Crippen molar-refractivity contribution in [3.8, 4) is 11.5 Å². The third-order valence-electron chi connectivity index (χ3n) is 5.74. The number of hydrogen-bond donors (Lipinski definition) is 1. The smallest absolute Gasteiger partial charge is 0.335 e. The molecular weight excluding hydrogens is 526 g/mol. The second-order valence-corrected chi connectivity index (χ2v) is 8.79. The summed E-state index contributed by atoms with van der Waals surface area (Å²) >= 11 is 5.92. The van der Waals surface area contributed by atoms with E-state index in [1.54, 1.807) is 30.3 Å². The van der Waals surface area contributed by atoms with E-state index in [-0.39, 0.29) is 23.6 Å². The first-order valence-electron chi connectivity index (χ1n) is 11.6. The Hall–Kier alpha value is -4.96. The number of allylic oxidation sites excluding steroid dienone is 1. The van der Waals surface area contributed by atoms with Gasteiger partial charge in [0.15, 0.2) is 11.5 Å². The third kappa shape index (κ3) is 5.97. The standard InChI is InChI=1S/C28H22ClN3O7/c1-3-5-19-12-18(15-24(38-2)25(19)39-16-17-6-4-7-22(13-17)32(36)37)14-23-26(33)30-28(35)31(27(23)34)21-10-8-20(29)9-11-21/h3-4,6-15H,1,5,16H2,2H3,(H,30,33,35)/b23-14+. The highest BCUT2D eigenvalue weighted by Gasteiger charge is 2.36. The second kappa shape index (κ2) is 11.6. The van der Waals surface area contributed by atoms with Crippen LogP contribution in [0.15, 0.2) is 78.9 Å². The lowest BCUT2D eigenvalue weighted by Crippen LogP contribution is -2.54. The Morgan fingerprint density at radius 1 is 1.10 bits per heavy atom. The van der Waals surface area contributed by atoms with Crippen LogP contribution in [0.5, 0.6) is 11.5 Å². The number of methoxy groups -OCH3 is 1. The maximum absolute atomic E-state index is 13.2. The molecule has 10 nitrogen and oxygen atoms in total. The lowest BCUT2D eigenvalue weighted by atomic mass is 10.0. The predicted octanol–water partition coefficient (Wildman–Crippen LogP) is 5.23. The number of ether oxygens (including phenoxy) is 2. The van der Waals surface area contributed by atoms with Crippen LogP contribution in [0, 0.1) is 10.1 Å². The quantitative estimate of drug-likeness (QED) is 0.128. The number of rotatable bonds is 9. The molecule has 1 heterocycles. The number of carbonyl (C=O) groups is 3. The van der Waals surface area contributed by atoms with Crippen molar-refractivity contribution in [3.05, 3.63) is 111 Å². The molecule has 0 saturated carbocycles. The Bertz CT molecular complexity index is 1520. The fourth-order valence-corrected chi connectivity index (χ4v) is 4.08. The van der Waals surface area contributed by atoms with E-state index in [4.69, 9.17) is 21.1 Å². The number of benzene rings is 3. The molecule has 1 fully saturated rings. The van der Waals surface area contributed by atoms with Gasteiger partial charge >= 0.3 is 6.03 Å². The molecule has 0 aliphatic carbocycles. The first-order valence-corrected chi connectivity index (χ1v) is 11.9. The van der Waals surface area contributed by atoms with Crippen molar-refractivity contribution in [1.29, 1.82) is 0 Å². The van der Waals surface area contributed by atoms with E-state index >= 15 is 0 Å². The van der Waals surface area contributed by atoms with Crippen molar-refractivity contribution in [2.45, 2.75) is 13.0 Å². The number of barbiturate groups is 1. The predicted molar refractivity (Wildman–Crippen MR) is 145 cm³/mol. The first kappa shape index (κ1) is 27.1. The monoisotopic (exact) mass is 547 g/mol. The van der Waals surface area contributed by atoms with E-state index < -0.39 is 22.8 Å². The summed E-state index contributed by atoms with van der Waals surface area (Å²) < 4.78 is 11.5. The fraction of sp³-hybridized carbons (Fsp3) is 0.107. The highest BCUT2D eigenvalue weighted by Crippen LogP contribution is 2.35. The molecule has 1 N–H and O–H groups in total. The average molecular weight is 548 g/mol. The molecule has 3 aromatic carbocycles. The van der Waals surface area contributed by atoms with Gasteiger partial charge in [0.05, 0.1) is 17.7 Å². The van der Waals surface area contributed by atoms with Gasteiger partial charge in [-0.2, -0.15) is 0 Å². The van der Waals surface area contributed by atoms with Crippen molar-refractivity contribution >= 4 is 46.9 Å². The van der Waals surface area contributed by atoms with Gasteiger partial charge in [-0.05, 0) is 60.0 Å². The van der Waals surface area contributed by atoms with Crippen LogP contribution < -0.4 is 19.7 Å². The Morgan fingerprint density at radius 2 is 1.85 bits per heavy atom. The lowest BCUT2D eigenvalue weighted by molar-refractivity contribution is -0.384. The maximum atomic E-state index is 13.2. The van der Waals surface area contributed by atoms with Crippen molar-refractivity contribution in [2.75, 3.05) is 12.0 Å². The van der Waals surface area contributed by atoms with Gasteiger partial charge in [0.25, 0.3) is 17.5 Å². The van der Waals surface area contributed by atoms with Crippen molar-refractivity contribution < 1.29 is 28.8 Å². The largest absolute Gasteiger partial charge is 0.493 e. The van der Waals surface area contributed by atoms with Gasteiger partial charge < -0.3 is 9.47 Å². The zero-order chi connectivity index (χ0) is 28.1. The molecule has 0 spiro atoms. The van der Waals surface area contributed by atoms with Gasteiger partial charge in [-0.1, -0.05) is 29.8 Å². The Morgan fingerprint density at radius 3 is 2.51 bits per heavy atom. The number of amides is 4. The normalized spacial score (nSPS) is 14.3. The average Bonchev–Trinajstić information content (AvgIpc) is 2.91. The van der Waals surface area contributed by atoms with Gasteiger partial charge in [0.1, 0.15) is 12.2 Å². The van der Waals surface area contributed by atoms with E-state index in [1.807, 2.05) is 0 Å². The number of nitro groups is 1. The number of anilines is 1. The minimum Gasteiger partial charge on any atom is -0.493 e. The van der Waals surface area contributed by atoms with E-state index in [9.17, 15) is 24.5 Å². The summed E-state index contributed by atoms with van der Waals surface area (Å²) in [7, 11) is 1.43. The van der Waals surface area contributed by atoms with E-state index in [1.165, 1.54) is 49.6 Å². The molecule has 0 aromatic heterocycles. The molecule has 198 valence electrons. The summed E-state index contributed by atoms with van der Waals surface area (Å²) in [6.07, 6.45) is 3.35. The fourth-order valence-electron chi connectivity index (χ4n) is 3.95. The number of halogens is 1. The SMILES string of the molecule is C=CCc1cc(/C=C2\C(=O)NC(=O)N(c3ccc(Cl)cc3)C2=O)cc(OC)c1OCc1cccc([N+](=O)[O-])c1. The number of carbonyl (C=O) groups excluding carboxylic acids is 3. The Labute approximate surface area is 228 Å². The lowest BCUT2D eigenvalue weighted by Gasteiger charge is -2.26. The van der Waals surface area contributed by atoms with Crippen molar-refractivity contribution in [3.63, 3.8) is 0 Å². The maximum Gasteiger partial charge on any atom is 0.335 e. The van der Waals surface area contributed by atoms with E-state index in [0.717, 1.165) is 4.90 Å². The number of non-ortho nitro benzene ring substituents is 1. The second-order valence-electron chi connectivity index (χ2n) is 8.35. The van der Waals surface area contributed by atoms with Crippen molar-refractivity contribution in [2.24, 2.45) is 0 Å². The van der Waals surface area contributed by atoms with Crippen LogP contribution in [0.3, 0.4) is 0 Å². The van der Waals surface area contributed by atoms with Gasteiger partial charge in [-0.15, -0.1) is 6.58 Å². The molecule has 39 heavy (non-hydrogen) atoms. The molecule has 0 bridgehead atoms. The number of nitrogens with zero attached hydrogens (tertiary/aromatic N) is 2. The van der Waals surface area contributed by atoms with Crippen LogP contribution in [0.2, 0.25) is 5.02 Å². The zero-order valence-corrected chi connectivity index (χ0v) is 21.4. The molecule has 11 heteroatoms. The highest BCUT2D eigenvalue weighted by atomic mass is 35.5. The minimum absolute atomic E-state index is 0.0294. The summed E-state index contributed by atoms with van der Waals surface area (Å²) in [6.45, 7) is 3.80. The molecule has 1 aliphatic heterocycles. The van der Waals surface area contributed by atoms with Crippen molar-refractivity contribution in [1.82, 2.24) is 5.32 Å². The number of hydrogen-bond acceptors (Lipinski definition) is 7. The number of imide groups is 2. The molecule has 1 saturated heterocycles. The topological polar surface area (TPSA) is 128 Å². The summed E-state index contributed by atoms with van der Waals surface area (Å²) in [5, 5.41) is 13.7. The van der Waals surface area contributed by atoms with Crippen LogP contribution in [0.25, 0.3) is 6.08 Å². The number of urea groups is 1. The van der Waals surface area contributed by atoms with Crippen LogP contribution in [-0.4, -0.2) is 29.9 Å².